The van der Waals surface area contributed by atoms with E-state index < -0.39 is 6.04 Å². The van der Waals surface area contributed by atoms with Crippen molar-refractivity contribution in [3.8, 4) is 0 Å². The number of hydrogen-bond acceptors (Lipinski definition) is 3. The molecule has 2 atom stereocenters. The fourth-order valence-corrected chi connectivity index (χ4v) is 1.45. The van der Waals surface area contributed by atoms with Crippen molar-refractivity contribution in [2.45, 2.75) is 46.2 Å². The summed E-state index contributed by atoms with van der Waals surface area (Å²) in [4.78, 5) is 22.6. The third-order valence-corrected chi connectivity index (χ3v) is 2.55. The lowest BCUT2D eigenvalue weighted by Crippen LogP contribution is -2.49. The SMILES string of the molecule is CN[C@@H](CC(C)C)C(=O)N[C@H](C=O)C(C)C. The molecular formula is C12H24N2O2. The highest BCUT2D eigenvalue weighted by atomic mass is 16.2. The van der Waals surface area contributed by atoms with Crippen LogP contribution in [0.15, 0.2) is 0 Å². The quantitative estimate of drug-likeness (QED) is 0.638. The van der Waals surface area contributed by atoms with Crippen molar-refractivity contribution in [2.24, 2.45) is 11.8 Å². The molecule has 0 aromatic carbocycles. The Morgan fingerprint density at radius 2 is 1.81 bits per heavy atom. The Morgan fingerprint density at radius 3 is 2.12 bits per heavy atom. The van der Waals surface area contributed by atoms with Gasteiger partial charge >= 0.3 is 0 Å². The highest BCUT2D eigenvalue weighted by molar-refractivity contribution is 5.84. The second kappa shape index (κ2) is 7.39. The average Bonchev–Trinajstić information content (AvgIpc) is 2.21. The molecule has 0 aliphatic rings. The summed E-state index contributed by atoms with van der Waals surface area (Å²) in [5.74, 6) is 0.469. The topological polar surface area (TPSA) is 58.2 Å². The summed E-state index contributed by atoms with van der Waals surface area (Å²) in [5, 5.41) is 5.73. The summed E-state index contributed by atoms with van der Waals surface area (Å²) >= 11 is 0. The van der Waals surface area contributed by atoms with E-state index in [0.717, 1.165) is 12.7 Å². The minimum Gasteiger partial charge on any atom is -0.345 e. The smallest absolute Gasteiger partial charge is 0.237 e. The molecule has 0 aliphatic carbocycles. The summed E-state index contributed by atoms with van der Waals surface area (Å²) in [5.41, 5.74) is 0. The van der Waals surface area contributed by atoms with E-state index in [2.05, 4.69) is 24.5 Å². The molecule has 4 heteroatoms. The molecule has 0 bridgehead atoms. The van der Waals surface area contributed by atoms with Crippen LogP contribution in [0, 0.1) is 11.8 Å². The minimum atomic E-state index is -0.393. The van der Waals surface area contributed by atoms with E-state index in [-0.39, 0.29) is 17.9 Å². The fraction of sp³-hybridized carbons (Fsp3) is 0.833. The average molecular weight is 228 g/mol. The number of likely N-dealkylation sites (N-methyl/N-ethyl adjacent to an activating group) is 1. The standard InChI is InChI=1S/C12H24N2O2/c1-8(2)6-10(13-5)12(16)14-11(7-15)9(3)4/h7-11,13H,6H2,1-5H3,(H,14,16)/t10-,11+/m0/s1. The Kier molecular flexibility index (Phi) is 6.97. The fourth-order valence-electron chi connectivity index (χ4n) is 1.45. The van der Waals surface area contributed by atoms with Gasteiger partial charge in [0.05, 0.1) is 12.1 Å². The summed E-state index contributed by atoms with van der Waals surface area (Å²) in [6, 6.07) is -0.614. The van der Waals surface area contributed by atoms with Crippen molar-refractivity contribution in [2.75, 3.05) is 7.05 Å². The van der Waals surface area contributed by atoms with Gasteiger partial charge in [-0.1, -0.05) is 27.7 Å². The first-order chi connectivity index (χ1) is 7.42. The zero-order valence-corrected chi connectivity index (χ0v) is 10.9. The highest BCUT2D eigenvalue weighted by Gasteiger charge is 2.22. The Labute approximate surface area is 98.2 Å². The van der Waals surface area contributed by atoms with E-state index in [0.29, 0.717) is 5.92 Å². The zero-order chi connectivity index (χ0) is 12.7. The molecule has 0 heterocycles. The van der Waals surface area contributed by atoms with E-state index in [1.54, 1.807) is 7.05 Å². The molecule has 94 valence electrons. The Balaban J connectivity index is 4.34. The number of carbonyl (C=O) groups is 2. The molecule has 0 aromatic heterocycles. The van der Waals surface area contributed by atoms with Crippen LogP contribution in [-0.2, 0) is 9.59 Å². The van der Waals surface area contributed by atoms with Gasteiger partial charge in [-0.2, -0.15) is 0 Å². The van der Waals surface area contributed by atoms with Crippen molar-refractivity contribution < 1.29 is 9.59 Å². The zero-order valence-electron chi connectivity index (χ0n) is 10.9. The van der Waals surface area contributed by atoms with Crippen LogP contribution >= 0.6 is 0 Å². The van der Waals surface area contributed by atoms with Gasteiger partial charge in [0.25, 0.3) is 0 Å². The van der Waals surface area contributed by atoms with Crippen LogP contribution in [0.3, 0.4) is 0 Å². The maximum Gasteiger partial charge on any atom is 0.237 e. The van der Waals surface area contributed by atoms with Gasteiger partial charge in [0.2, 0.25) is 5.91 Å². The molecule has 0 aromatic rings. The van der Waals surface area contributed by atoms with Crippen LogP contribution < -0.4 is 10.6 Å². The van der Waals surface area contributed by atoms with Gasteiger partial charge in [-0.15, -0.1) is 0 Å². The van der Waals surface area contributed by atoms with Crippen molar-refractivity contribution in [3.05, 3.63) is 0 Å². The van der Waals surface area contributed by atoms with Crippen LogP contribution in [-0.4, -0.2) is 31.3 Å². The lowest BCUT2D eigenvalue weighted by Gasteiger charge is -2.22. The Bertz CT molecular complexity index is 227. The van der Waals surface area contributed by atoms with Crippen molar-refractivity contribution in [3.63, 3.8) is 0 Å². The Morgan fingerprint density at radius 1 is 1.25 bits per heavy atom. The number of aldehydes is 1. The van der Waals surface area contributed by atoms with E-state index in [9.17, 15) is 9.59 Å². The number of rotatable bonds is 7. The number of nitrogens with one attached hydrogen (secondary N) is 2. The van der Waals surface area contributed by atoms with Crippen LogP contribution in [0.4, 0.5) is 0 Å². The van der Waals surface area contributed by atoms with E-state index in [1.165, 1.54) is 0 Å². The molecule has 0 rings (SSSR count). The largest absolute Gasteiger partial charge is 0.345 e. The number of hydrogen-bond donors (Lipinski definition) is 2. The van der Waals surface area contributed by atoms with Gasteiger partial charge in [-0.25, -0.2) is 0 Å². The highest BCUT2D eigenvalue weighted by Crippen LogP contribution is 2.06. The lowest BCUT2D eigenvalue weighted by atomic mass is 10.0. The molecule has 16 heavy (non-hydrogen) atoms. The molecule has 0 radical (unpaired) electrons. The molecule has 0 fully saturated rings. The lowest BCUT2D eigenvalue weighted by molar-refractivity contribution is -0.126. The summed E-state index contributed by atoms with van der Waals surface area (Å²) in [6.45, 7) is 7.96. The monoisotopic (exact) mass is 228 g/mol. The van der Waals surface area contributed by atoms with Gasteiger partial charge < -0.3 is 15.4 Å². The van der Waals surface area contributed by atoms with Gasteiger partial charge in [0.15, 0.2) is 0 Å². The minimum absolute atomic E-state index is 0.0954. The van der Waals surface area contributed by atoms with Gasteiger partial charge in [-0.3, -0.25) is 4.79 Å². The molecule has 0 saturated heterocycles. The molecule has 0 aliphatic heterocycles. The van der Waals surface area contributed by atoms with E-state index >= 15 is 0 Å². The third-order valence-electron chi connectivity index (χ3n) is 2.55. The molecule has 0 saturated carbocycles. The molecular weight excluding hydrogens is 204 g/mol. The molecule has 0 spiro atoms. The maximum atomic E-state index is 11.9. The van der Waals surface area contributed by atoms with Crippen LogP contribution in [0.25, 0.3) is 0 Å². The predicted octanol–water partition coefficient (Wildman–Crippen LogP) is 0.960. The van der Waals surface area contributed by atoms with Crippen LogP contribution in [0.2, 0.25) is 0 Å². The summed E-state index contributed by atoms with van der Waals surface area (Å²) in [6.07, 6.45) is 1.57. The molecule has 2 N–H and O–H groups in total. The first-order valence-electron chi connectivity index (χ1n) is 5.85. The second-order valence-corrected chi connectivity index (χ2v) is 4.89. The number of amides is 1. The first-order valence-corrected chi connectivity index (χ1v) is 5.85. The normalized spacial score (nSPS) is 14.9. The number of carbonyl (C=O) groups excluding carboxylic acids is 2. The van der Waals surface area contributed by atoms with Gasteiger partial charge in [0, 0.05) is 0 Å². The van der Waals surface area contributed by atoms with Crippen LogP contribution in [0.5, 0.6) is 0 Å². The van der Waals surface area contributed by atoms with Crippen molar-refractivity contribution in [1.29, 1.82) is 0 Å². The Hall–Kier alpha value is -0.900. The molecule has 4 nitrogen and oxygen atoms in total. The second-order valence-electron chi connectivity index (χ2n) is 4.89. The van der Waals surface area contributed by atoms with E-state index in [4.69, 9.17) is 0 Å². The third kappa shape index (κ3) is 5.26. The van der Waals surface area contributed by atoms with Gasteiger partial charge in [-0.05, 0) is 25.3 Å². The first kappa shape index (κ1) is 15.1. The summed E-state index contributed by atoms with van der Waals surface area (Å²) in [7, 11) is 1.76. The predicted molar refractivity (Wildman–Crippen MR) is 65.1 cm³/mol. The molecule has 0 unspecified atom stereocenters. The molecule has 1 amide bonds. The van der Waals surface area contributed by atoms with Crippen molar-refractivity contribution >= 4 is 12.2 Å². The van der Waals surface area contributed by atoms with Gasteiger partial charge in [0.1, 0.15) is 6.29 Å². The van der Waals surface area contributed by atoms with E-state index in [1.807, 2.05) is 13.8 Å². The maximum absolute atomic E-state index is 11.9. The summed E-state index contributed by atoms with van der Waals surface area (Å²) < 4.78 is 0. The van der Waals surface area contributed by atoms with Crippen molar-refractivity contribution in [1.82, 2.24) is 10.6 Å². The van der Waals surface area contributed by atoms with Crippen LogP contribution in [0.1, 0.15) is 34.1 Å².